The fraction of sp³-hybridized carbons (Fsp3) is 0.200. The Morgan fingerprint density at radius 3 is 2.74 bits per heavy atom. The van der Waals surface area contributed by atoms with Gasteiger partial charge in [0.15, 0.2) is 0 Å². The smallest absolute Gasteiger partial charge is 0.227 e. The number of nitrogens with zero attached hydrogens (tertiary/aromatic N) is 2. The van der Waals surface area contributed by atoms with Gasteiger partial charge in [-0.15, -0.1) is 0 Å². The molecule has 1 aromatic carbocycles. The summed E-state index contributed by atoms with van der Waals surface area (Å²) >= 11 is 0. The van der Waals surface area contributed by atoms with Crippen LogP contribution in [0.2, 0.25) is 0 Å². The highest BCUT2D eigenvalue weighted by Gasteiger charge is 2.24. The van der Waals surface area contributed by atoms with Crippen LogP contribution in [-0.2, 0) is 17.8 Å². The van der Waals surface area contributed by atoms with E-state index in [1.807, 2.05) is 35.2 Å². The number of pyridine rings is 1. The first-order chi connectivity index (χ1) is 9.24. The number of anilines is 2. The molecule has 0 fully saturated rings. The summed E-state index contributed by atoms with van der Waals surface area (Å²) in [6.07, 6.45) is 4.80. The molecule has 2 heterocycles. The number of nitrogen functional groups attached to an aromatic ring is 1. The predicted molar refractivity (Wildman–Crippen MR) is 74.6 cm³/mol. The van der Waals surface area contributed by atoms with Crippen LogP contribution in [0.5, 0.6) is 0 Å². The lowest BCUT2D eigenvalue weighted by Gasteiger charge is -2.29. The highest BCUT2D eigenvalue weighted by Crippen LogP contribution is 2.30. The van der Waals surface area contributed by atoms with Gasteiger partial charge < -0.3 is 10.6 Å². The summed E-state index contributed by atoms with van der Waals surface area (Å²) < 4.78 is 0. The van der Waals surface area contributed by atoms with Crippen LogP contribution < -0.4 is 10.6 Å². The molecule has 4 heteroatoms. The van der Waals surface area contributed by atoms with Crippen molar-refractivity contribution >= 4 is 17.3 Å². The summed E-state index contributed by atoms with van der Waals surface area (Å²) in [5.41, 5.74) is 9.75. The molecule has 1 aromatic heterocycles. The van der Waals surface area contributed by atoms with Crippen molar-refractivity contribution in [3.63, 3.8) is 0 Å². The van der Waals surface area contributed by atoms with Gasteiger partial charge in [-0.25, -0.2) is 0 Å². The number of hydrogen-bond acceptors (Lipinski definition) is 3. The van der Waals surface area contributed by atoms with Gasteiger partial charge in [-0.3, -0.25) is 9.78 Å². The van der Waals surface area contributed by atoms with Crippen molar-refractivity contribution < 1.29 is 4.79 Å². The van der Waals surface area contributed by atoms with Gasteiger partial charge in [0, 0.05) is 30.2 Å². The Labute approximate surface area is 111 Å². The van der Waals surface area contributed by atoms with E-state index < -0.39 is 0 Å². The molecule has 19 heavy (non-hydrogen) atoms. The molecule has 0 atom stereocenters. The highest BCUT2D eigenvalue weighted by molar-refractivity contribution is 5.96. The van der Waals surface area contributed by atoms with E-state index in [0.717, 1.165) is 28.9 Å². The predicted octanol–water partition coefficient (Wildman–Crippen LogP) is 2.14. The number of nitrogens with two attached hydrogens (primary N) is 1. The van der Waals surface area contributed by atoms with Crippen LogP contribution in [-0.4, -0.2) is 10.9 Å². The molecule has 2 N–H and O–H groups in total. The third kappa shape index (κ3) is 2.29. The third-order valence-corrected chi connectivity index (χ3v) is 3.39. The molecule has 96 valence electrons. The molecule has 0 saturated carbocycles. The van der Waals surface area contributed by atoms with Gasteiger partial charge in [-0.05, 0) is 47.9 Å². The van der Waals surface area contributed by atoms with Crippen molar-refractivity contribution in [1.29, 1.82) is 0 Å². The number of amides is 1. The molecule has 4 nitrogen and oxygen atoms in total. The molecule has 0 aliphatic carbocycles. The van der Waals surface area contributed by atoms with E-state index >= 15 is 0 Å². The summed E-state index contributed by atoms with van der Waals surface area (Å²) in [4.78, 5) is 17.9. The van der Waals surface area contributed by atoms with E-state index in [9.17, 15) is 4.79 Å². The number of hydrogen-bond donors (Lipinski definition) is 1. The number of carbonyl (C=O) groups is 1. The van der Waals surface area contributed by atoms with Crippen molar-refractivity contribution in [3.8, 4) is 0 Å². The van der Waals surface area contributed by atoms with Crippen LogP contribution in [0, 0.1) is 0 Å². The maximum absolute atomic E-state index is 12.1. The standard InChI is InChI=1S/C15H15N3O/c16-13-2-3-14-12(9-13)1-4-15(19)18(14)10-11-5-7-17-8-6-11/h2-3,5-9H,1,4,10,16H2. The minimum absolute atomic E-state index is 0.161. The summed E-state index contributed by atoms with van der Waals surface area (Å²) in [5, 5.41) is 0. The number of carbonyl (C=O) groups excluding carboxylic acids is 1. The van der Waals surface area contributed by atoms with Gasteiger partial charge in [0.1, 0.15) is 0 Å². The summed E-state index contributed by atoms with van der Waals surface area (Å²) in [6, 6.07) is 9.60. The van der Waals surface area contributed by atoms with Gasteiger partial charge in [-0.2, -0.15) is 0 Å². The number of benzene rings is 1. The van der Waals surface area contributed by atoms with Crippen LogP contribution in [0.1, 0.15) is 17.5 Å². The highest BCUT2D eigenvalue weighted by atomic mass is 16.2. The van der Waals surface area contributed by atoms with Gasteiger partial charge in [0.2, 0.25) is 5.91 Å². The Morgan fingerprint density at radius 2 is 1.95 bits per heavy atom. The molecule has 0 unspecified atom stereocenters. The van der Waals surface area contributed by atoms with Gasteiger partial charge in [0.05, 0.1) is 6.54 Å². The van der Waals surface area contributed by atoms with E-state index in [-0.39, 0.29) is 5.91 Å². The van der Waals surface area contributed by atoms with Crippen molar-refractivity contribution in [1.82, 2.24) is 4.98 Å². The second kappa shape index (κ2) is 4.72. The molecule has 1 aliphatic rings. The zero-order chi connectivity index (χ0) is 13.2. The first-order valence-corrected chi connectivity index (χ1v) is 6.32. The first kappa shape index (κ1) is 11.7. The van der Waals surface area contributed by atoms with Crippen LogP contribution in [0.15, 0.2) is 42.7 Å². The van der Waals surface area contributed by atoms with Crippen molar-refractivity contribution in [2.75, 3.05) is 10.6 Å². The van der Waals surface area contributed by atoms with Gasteiger partial charge in [0.25, 0.3) is 0 Å². The van der Waals surface area contributed by atoms with Crippen molar-refractivity contribution in [3.05, 3.63) is 53.9 Å². The Hall–Kier alpha value is -2.36. The average Bonchev–Trinajstić information content (AvgIpc) is 2.43. The zero-order valence-corrected chi connectivity index (χ0v) is 10.5. The lowest BCUT2D eigenvalue weighted by atomic mass is 10.00. The molecule has 1 aliphatic heterocycles. The van der Waals surface area contributed by atoms with E-state index in [2.05, 4.69) is 4.98 Å². The third-order valence-electron chi connectivity index (χ3n) is 3.39. The number of aromatic nitrogens is 1. The Kier molecular flexibility index (Phi) is 2.91. The van der Waals surface area contributed by atoms with E-state index in [1.54, 1.807) is 12.4 Å². The summed E-state index contributed by atoms with van der Waals surface area (Å²) in [5.74, 6) is 0.161. The molecule has 0 bridgehead atoms. The van der Waals surface area contributed by atoms with Crippen LogP contribution in [0.4, 0.5) is 11.4 Å². The topological polar surface area (TPSA) is 59.2 Å². The van der Waals surface area contributed by atoms with E-state index in [1.165, 1.54) is 0 Å². The monoisotopic (exact) mass is 253 g/mol. The van der Waals surface area contributed by atoms with Crippen LogP contribution in [0.25, 0.3) is 0 Å². The van der Waals surface area contributed by atoms with Gasteiger partial charge >= 0.3 is 0 Å². The largest absolute Gasteiger partial charge is 0.399 e. The lowest BCUT2D eigenvalue weighted by molar-refractivity contribution is -0.119. The van der Waals surface area contributed by atoms with Crippen molar-refractivity contribution in [2.45, 2.75) is 19.4 Å². The number of rotatable bonds is 2. The first-order valence-electron chi connectivity index (χ1n) is 6.32. The fourth-order valence-electron chi connectivity index (χ4n) is 2.42. The Morgan fingerprint density at radius 1 is 1.16 bits per heavy atom. The molecule has 3 rings (SSSR count). The second-order valence-corrected chi connectivity index (χ2v) is 4.72. The Bertz CT molecular complexity index is 610. The van der Waals surface area contributed by atoms with Crippen LogP contribution in [0.3, 0.4) is 0 Å². The maximum atomic E-state index is 12.1. The zero-order valence-electron chi connectivity index (χ0n) is 10.5. The summed E-state index contributed by atoms with van der Waals surface area (Å²) in [7, 11) is 0. The summed E-state index contributed by atoms with van der Waals surface area (Å²) in [6.45, 7) is 0.582. The lowest BCUT2D eigenvalue weighted by Crippen LogP contribution is -2.34. The minimum atomic E-state index is 0.161. The van der Waals surface area contributed by atoms with Crippen LogP contribution >= 0.6 is 0 Å². The maximum Gasteiger partial charge on any atom is 0.227 e. The minimum Gasteiger partial charge on any atom is -0.399 e. The molecule has 2 aromatic rings. The Balaban J connectivity index is 1.95. The van der Waals surface area contributed by atoms with E-state index in [0.29, 0.717) is 13.0 Å². The fourth-order valence-corrected chi connectivity index (χ4v) is 2.42. The molecule has 0 saturated heterocycles. The molecule has 0 radical (unpaired) electrons. The quantitative estimate of drug-likeness (QED) is 0.834. The second-order valence-electron chi connectivity index (χ2n) is 4.72. The normalized spacial score (nSPS) is 14.3. The number of fused-ring (bicyclic) bond motifs is 1. The molecule has 0 spiro atoms. The number of aryl methyl sites for hydroxylation is 1. The molecule has 1 amide bonds. The molecular weight excluding hydrogens is 238 g/mol. The van der Waals surface area contributed by atoms with Gasteiger partial charge in [-0.1, -0.05) is 0 Å². The van der Waals surface area contributed by atoms with Crippen molar-refractivity contribution in [2.24, 2.45) is 0 Å². The van der Waals surface area contributed by atoms with E-state index in [4.69, 9.17) is 5.73 Å². The average molecular weight is 253 g/mol. The SMILES string of the molecule is Nc1ccc2c(c1)CCC(=O)N2Cc1ccncc1. The molecular formula is C15H15N3O.